The fourth-order valence-electron chi connectivity index (χ4n) is 4.02. The van der Waals surface area contributed by atoms with E-state index in [1.807, 2.05) is 25.1 Å². The first-order valence-corrected chi connectivity index (χ1v) is 11.3. The lowest BCUT2D eigenvalue weighted by Gasteiger charge is -2.28. The van der Waals surface area contributed by atoms with E-state index in [-0.39, 0.29) is 11.8 Å². The Labute approximate surface area is 180 Å². The second-order valence-electron chi connectivity index (χ2n) is 7.73. The van der Waals surface area contributed by atoms with Gasteiger partial charge >= 0.3 is 0 Å². The maximum Gasteiger partial charge on any atom is 0.279 e. The van der Waals surface area contributed by atoms with Gasteiger partial charge in [0.15, 0.2) is 6.54 Å². The lowest BCUT2D eigenvalue weighted by Crippen LogP contribution is -3.14. The lowest BCUT2D eigenvalue weighted by atomic mass is 9.99. The molecule has 2 heterocycles. The fourth-order valence-corrected chi connectivity index (χ4v) is 5.12. The van der Waals surface area contributed by atoms with Gasteiger partial charge in [0.1, 0.15) is 5.01 Å². The maximum atomic E-state index is 12.6. The van der Waals surface area contributed by atoms with Crippen molar-refractivity contribution in [3.8, 4) is 0 Å². The first-order valence-electron chi connectivity index (χ1n) is 10.5. The summed E-state index contributed by atoms with van der Waals surface area (Å²) < 4.78 is 1.23. The molecule has 3 aromatic rings. The van der Waals surface area contributed by atoms with E-state index in [4.69, 9.17) is 4.98 Å². The van der Waals surface area contributed by atoms with Crippen molar-refractivity contribution in [1.29, 1.82) is 0 Å². The molecule has 0 bridgehead atoms. The van der Waals surface area contributed by atoms with Crippen molar-refractivity contribution >= 4 is 39.1 Å². The molecule has 1 fully saturated rings. The SMILES string of the molecule is CCNC(=O)c1cccc(NC(=O)C[NH+]2CCC[C@@H](c3nc4ccccc4s3)C2)c1. The summed E-state index contributed by atoms with van der Waals surface area (Å²) >= 11 is 1.77. The van der Waals surface area contributed by atoms with E-state index >= 15 is 0 Å². The van der Waals surface area contributed by atoms with E-state index in [0.29, 0.717) is 30.3 Å². The van der Waals surface area contributed by atoms with Crippen LogP contribution < -0.4 is 15.5 Å². The number of likely N-dealkylation sites (tertiary alicyclic amines) is 1. The Bertz CT molecular complexity index is 1020. The lowest BCUT2D eigenvalue weighted by molar-refractivity contribution is -0.898. The molecule has 7 heteroatoms. The van der Waals surface area contributed by atoms with Crippen molar-refractivity contribution < 1.29 is 14.5 Å². The van der Waals surface area contributed by atoms with E-state index in [1.165, 1.54) is 14.6 Å². The van der Waals surface area contributed by atoms with E-state index in [1.54, 1.807) is 29.5 Å². The highest BCUT2D eigenvalue weighted by atomic mass is 32.1. The van der Waals surface area contributed by atoms with Crippen LogP contribution in [0, 0.1) is 0 Å². The number of hydrogen-bond acceptors (Lipinski definition) is 4. The largest absolute Gasteiger partial charge is 0.352 e. The van der Waals surface area contributed by atoms with Crippen LogP contribution in [0.25, 0.3) is 10.2 Å². The van der Waals surface area contributed by atoms with E-state index in [2.05, 4.69) is 22.8 Å². The molecule has 0 radical (unpaired) electrons. The van der Waals surface area contributed by atoms with Gasteiger partial charge in [-0.2, -0.15) is 0 Å². The van der Waals surface area contributed by atoms with Crippen molar-refractivity contribution in [2.75, 3.05) is 31.5 Å². The highest BCUT2D eigenvalue weighted by Crippen LogP contribution is 2.30. The number of quaternary nitrogens is 1. The van der Waals surface area contributed by atoms with Gasteiger partial charge in [-0.05, 0) is 50.1 Å². The number of para-hydroxylation sites is 1. The molecule has 30 heavy (non-hydrogen) atoms. The standard InChI is InChI=1S/C23H26N4O2S/c1-2-24-22(29)16-7-5-9-18(13-16)25-21(28)15-27-12-6-8-17(14-27)23-26-19-10-3-4-11-20(19)30-23/h3-5,7,9-11,13,17H,2,6,8,12,14-15H2,1H3,(H,24,29)(H,25,28)/p+1/t17-/m1/s1. The number of nitrogens with zero attached hydrogens (tertiary/aromatic N) is 1. The van der Waals surface area contributed by atoms with Crippen molar-refractivity contribution in [3.05, 3.63) is 59.1 Å². The maximum absolute atomic E-state index is 12.6. The van der Waals surface area contributed by atoms with Crippen LogP contribution in [0.15, 0.2) is 48.5 Å². The minimum Gasteiger partial charge on any atom is -0.352 e. The van der Waals surface area contributed by atoms with Gasteiger partial charge in [-0.3, -0.25) is 9.59 Å². The minimum atomic E-state index is -0.131. The minimum absolute atomic E-state index is 0.0250. The monoisotopic (exact) mass is 423 g/mol. The number of rotatable bonds is 6. The Hall–Kier alpha value is -2.77. The average Bonchev–Trinajstić information content (AvgIpc) is 3.19. The number of anilines is 1. The molecule has 1 aliphatic heterocycles. The van der Waals surface area contributed by atoms with Gasteiger partial charge < -0.3 is 15.5 Å². The molecular weight excluding hydrogens is 396 g/mol. The van der Waals surface area contributed by atoms with Gasteiger partial charge in [0.25, 0.3) is 11.8 Å². The molecule has 3 N–H and O–H groups in total. The number of nitrogens with one attached hydrogen (secondary N) is 3. The summed E-state index contributed by atoms with van der Waals surface area (Å²) in [5.41, 5.74) is 2.27. The third-order valence-electron chi connectivity index (χ3n) is 5.43. The van der Waals surface area contributed by atoms with Crippen LogP contribution in [-0.4, -0.2) is 43.0 Å². The molecule has 0 aliphatic carbocycles. The number of thiazole rings is 1. The zero-order valence-electron chi connectivity index (χ0n) is 17.1. The molecule has 1 aromatic heterocycles. The second-order valence-corrected chi connectivity index (χ2v) is 8.79. The molecule has 2 aromatic carbocycles. The highest BCUT2D eigenvalue weighted by molar-refractivity contribution is 7.18. The van der Waals surface area contributed by atoms with Crippen LogP contribution in [0.1, 0.15) is 41.0 Å². The van der Waals surface area contributed by atoms with Crippen LogP contribution in [0.4, 0.5) is 5.69 Å². The quantitative estimate of drug-likeness (QED) is 0.570. The predicted molar refractivity (Wildman–Crippen MR) is 120 cm³/mol. The van der Waals surface area contributed by atoms with Gasteiger partial charge in [-0.25, -0.2) is 4.98 Å². The Balaban J connectivity index is 1.36. The highest BCUT2D eigenvalue weighted by Gasteiger charge is 2.28. The number of amides is 2. The first-order chi connectivity index (χ1) is 14.6. The topological polar surface area (TPSA) is 75.5 Å². The average molecular weight is 424 g/mol. The Kier molecular flexibility index (Phi) is 6.40. The molecule has 1 saturated heterocycles. The molecule has 1 aliphatic rings. The van der Waals surface area contributed by atoms with Crippen molar-refractivity contribution in [3.63, 3.8) is 0 Å². The zero-order chi connectivity index (χ0) is 20.9. The van der Waals surface area contributed by atoms with Crippen molar-refractivity contribution in [2.45, 2.75) is 25.7 Å². The number of carbonyl (C=O) groups excluding carboxylic acids is 2. The molecule has 0 spiro atoms. The smallest absolute Gasteiger partial charge is 0.279 e. The van der Waals surface area contributed by atoms with Crippen molar-refractivity contribution in [2.24, 2.45) is 0 Å². The number of hydrogen-bond donors (Lipinski definition) is 3. The van der Waals surface area contributed by atoms with Crippen molar-refractivity contribution in [1.82, 2.24) is 10.3 Å². The normalized spacial score (nSPS) is 18.8. The number of piperidine rings is 1. The molecule has 4 rings (SSSR count). The van der Waals surface area contributed by atoms with Crippen LogP contribution in [0.3, 0.4) is 0 Å². The van der Waals surface area contributed by atoms with Crippen LogP contribution >= 0.6 is 11.3 Å². The molecule has 2 atom stereocenters. The van der Waals surface area contributed by atoms with E-state index < -0.39 is 0 Å². The van der Waals surface area contributed by atoms with Gasteiger partial charge in [0.2, 0.25) is 0 Å². The van der Waals surface area contributed by atoms with E-state index in [0.717, 1.165) is 31.4 Å². The third kappa shape index (κ3) is 4.86. The van der Waals surface area contributed by atoms with E-state index in [9.17, 15) is 9.59 Å². The molecule has 0 saturated carbocycles. The summed E-state index contributed by atoms with van der Waals surface area (Å²) in [6.07, 6.45) is 2.22. The Morgan fingerprint density at radius 1 is 1.20 bits per heavy atom. The van der Waals surface area contributed by atoms with Gasteiger partial charge in [0, 0.05) is 17.8 Å². The summed E-state index contributed by atoms with van der Waals surface area (Å²) in [6, 6.07) is 15.3. The molecule has 1 unspecified atom stereocenters. The van der Waals surface area contributed by atoms with Gasteiger partial charge in [-0.1, -0.05) is 18.2 Å². The van der Waals surface area contributed by atoms with Gasteiger partial charge in [0.05, 0.1) is 29.2 Å². The summed E-state index contributed by atoms with van der Waals surface area (Å²) in [5, 5.41) is 6.91. The Morgan fingerprint density at radius 2 is 2.07 bits per heavy atom. The predicted octanol–water partition coefficient (Wildman–Crippen LogP) is 2.45. The third-order valence-corrected chi connectivity index (χ3v) is 6.63. The second kappa shape index (κ2) is 9.36. The summed E-state index contributed by atoms with van der Waals surface area (Å²) in [4.78, 5) is 30.7. The number of fused-ring (bicyclic) bond motifs is 1. The summed E-state index contributed by atoms with van der Waals surface area (Å²) in [5.74, 6) is 0.247. The molecule has 6 nitrogen and oxygen atoms in total. The molecule has 2 amide bonds. The Morgan fingerprint density at radius 3 is 2.90 bits per heavy atom. The number of carbonyl (C=O) groups is 2. The van der Waals surface area contributed by atoms with Crippen LogP contribution in [0.5, 0.6) is 0 Å². The zero-order valence-corrected chi connectivity index (χ0v) is 17.9. The van der Waals surface area contributed by atoms with Gasteiger partial charge in [-0.15, -0.1) is 11.3 Å². The van der Waals surface area contributed by atoms with Crippen LogP contribution in [0.2, 0.25) is 0 Å². The first kappa shape index (κ1) is 20.5. The molecular formula is C23H27N4O2S+. The summed E-state index contributed by atoms with van der Waals surface area (Å²) in [7, 11) is 0. The molecule has 156 valence electrons. The number of aromatic nitrogens is 1. The fraction of sp³-hybridized carbons (Fsp3) is 0.348. The van der Waals surface area contributed by atoms with Crippen LogP contribution in [-0.2, 0) is 4.79 Å². The summed E-state index contributed by atoms with van der Waals surface area (Å²) in [6.45, 7) is 4.79. The number of benzene rings is 2.